The van der Waals surface area contributed by atoms with Crippen LogP contribution in [0.3, 0.4) is 0 Å². The lowest BCUT2D eigenvalue weighted by atomic mass is 9.66. The first-order chi connectivity index (χ1) is 19.8. The molecule has 6 heteroatoms. The van der Waals surface area contributed by atoms with E-state index in [9.17, 15) is 20.4 Å². The molecule has 1 heterocycles. The molecule has 214 valence electrons. The Labute approximate surface area is 241 Å². The fourth-order valence-corrected chi connectivity index (χ4v) is 6.18. The minimum absolute atomic E-state index is 0.00236. The van der Waals surface area contributed by atoms with Gasteiger partial charge < -0.3 is 29.9 Å². The lowest BCUT2D eigenvalue weighted by molar-refractivity contribution is -0.222. The summed E-state index contributed by atoms with van der Waals surface area (Å²) in [5, 5.41) is 49.7. The second-order valence-corrected chi connectivity index (χ2v) is 11.1. The molecule has 1 aliphatic rings. The standard InChI is InChI=1S/C35H38O6/c1-40-32-35(39,25-29-20-12-5-13-21-29)34(38,24-28-18-10-4-11-19-28)31(41-32)33(37,23-27-16-8-3-9-17-27)30(36)22-26-14-6-2-7-15-26/h2-21,30-32,36-39H,22-25H2,1H3/t30?,31-,32-,33+,34-,35-/m0/s1. The van der Waals surface area contributed by atoms with Crippen molar-refractivity contribution in [2.24, 2.45) is 0 Å². The largest absolute Gasteiger partial charge is 0.390 e. The van der Waals surface area contributed by atoms with Gasteiger partial charge in [0.15, 0.2) is 11.9 Å². The van der Waals surface area contributed by atoms with Gasteiger partial charge in [-0.05, 0) is 22.3 Å². The van der Waals surface area contributed by atoms with Gasteiger partial charge in [0.05, 0.1) is 6.10 Å². The summed E-state index contributed by atoms with van der Waals surface area (Å²) < 4.78 is 12.0. The Morgan fingerprint density at radius 2 is 1.10 bits per heavy atom. The minimum Gasteiger partial charge on any atom is -0.390 e. The van der Waals surface area contributed by atoms with Gasteiger partial charge in [-0.2, -0.15) is 0 Å². The van der Waals surface area contributed by atoms with Gasteiger partial charge in [0.1, 0.15) is 17.3 Å². The smallest absolute Gasteiger partial charge is 0.189 e. The number of hydrogen-bond donors (Lipinski definition) is 4. The van der Waals surface area contributed by atoms with Crippen molar-refractivity contribution in [1.82, 2.24) is 0 Å². The van der Waals surface area contributed by atoms with Crippen LogP contribution in [0.25, 0.3) is 0 Å². The van der Waals surface area contributed by atoms with E-state index in [0.29, 0.717) is 0 Å². The van der Waals surface area contributed by atoms with Gasteiger partial charge >= 0.3 is 0 Å². The summed E-state index contributed by atoms with van der Waals surface area (Å²) in [6, 6.07) is 37.3. The predicted molar refractivity (Wildman–Crippen MR) is 157 cm³/mol. The van der Waals surface area contributed by atoms with Crippen LogP contribution in [0.2, 0.25) is 0 Å². The minimum atomic E-state index is -2.06. The topological polar surface area (TPSA) is 99.4 Å². The number of ether oxygens (including phenoxy) is 2. The first-order valence-corrected chi connectivity index (χ1v) is 14.0. The Morgan fingerprint density at radius 3 is 1.56 bits per heavy atom. The van der Waals surface area contributed by atoms with E-state index in [-0.39, 0.29) is 25.7 Å². The fourth-order valence-electron chi connectivity index (χ4n) is 6.18. The molecule has 0 saturated carbocycles. The highest BCUT2D eigenvalue weighted by molar-refractivity contribution is 5.31. The molecule has 1 unspecified atom stereocenters. The maximum Gasteiger partial charge on any atom is 0.189 e. The Kier molecular flexibility index (Phi) is 8.71. The molecule has 6 nitrogen and oxygen atoms in total. The summed E-state index contributed by atoms with van der Waals surface area (Å²) in [7, 11) is 1.41. The zero-order valence-corrected chi connectivity index (χ0v) is 23.2. The van der Waals surface area contributed by atoms with Crippen LogP contribution in [0.5, 0.6) is 0 Å². The van der Waals surface area contributed by atoms with Crippen molar-refractivity contribution in [3.05, 3.63) is 144 Å². The number of hydrogen-bond acceptors (Lipinski definition) is 6. The van der Waals surface area contributed by atoms with Crippen molar-refractivity contribution in [3.63, 3.8) is 0 Å². The molecule has 4 aromatic rings. The summed E-state index contributed by atoms with van der Waals surface area (Å²) in [6.45, 7) is 0. The highest BCUT2D eigenvalue weighted by Gasteiger charge is 2.71. The average molecular weight is 555 g/mol. The summed E-state index contributed by atoms with van der Waals surface area (Å²) >= 11 is 0. The average Bonchev–Trinajstić information content (AvgIpc) is 3.20. The van der Waals surface area contributed by atoms with E-state index < -0.39 is 35.3 Å². The molecule has 0 aromatic heterocycles. The van der Waals surface area contributed by atoms with Crippen molar-refractivity contribution >= 4 is 0 Å². The van der Waals surface area contributed by atoms with Gasteiger partial charge in [-0.3, -0.25) is 0 Å². The fraction of sp³-hybridized carbons (Fsp3) is 0.314. The van der Waals surface area contributed by atoms with Crippen LogP contribution in [0.15, 0.2) is 121 Å². The van der Waals surface area contributed by atoms with Gasteiger partial charge in [-0.15, -0.1) is 0 Å². The van der Waals surface area contributed by atoms with Gasteiger partial charge in [0.25, 0.3) is 0 Å². The van der Waals surface area contributed by atoms with Crippen LogP contribution in [0.4, 0.5) is 0 Å². The van der Waals surface area contributed by atoms with Crippen molar-refractivity contribution in [3.8, 4) is 0 Å². The molecule has 0 radical (unpaired) electrons. The van der Waals surface area contributed by atoms with E-state index in [1.54, 1.807) is 0 Å². The number of benzene rings is 4. The van der Waals surface area contributed by atoms with E-state index in [2.05, 4.69) is 0 Å². The van der Waals surface area contributed by atoms with Crippen LogP contribution in [-0.4, -0.2) is 62.8 Å². The third kappa shape index (κ3) is 5.86. The zero-order valence-electron chi connectivity index (χ0n) is 23.2. The lowest BCUT2D eigenvalue weighted by Gasteiger charge is -2.47. The van der Waals surface area contributed by atoms with Crippen LogP contribution in [0, 0.1) is 0 Å². The Bertz CT molecular complexity index is 1370. The third-order valence-electron chi connectivity index (χ3n) is 8.31. The SMILES string of the molecule is CO[C@H]1O[C@@H]([C@@](O)(Cc2ccccc2)C(O)Cc2ccccc2)[C@@](O)(Cc2ccccc2)[C@]1(O)Cc1ccccc1. The summed E-state index contributed by atoms with van der Waals surface area (Å²) in [5.74, 6) is 0. The number of methoxy groups -OCH3 is 1. The second kappa shape index (κ2) is 12.2. The Hall–Kier alpha value is -3.36. The van der Waals surface area contributed by atoms with Crippen LogP contribution < -0.4 is 0 Å². The van der Waals surface area contributed by atoms with Crippen molar-refractivity contribution in [2.75, 3.05) is 7.11 Å². The van der Waals surface area contributed by atoms with E-state index >= 15 is 0 Å². The molecular weight excluding hydrogens is 516 g/mol. The van der Waals surface area contributed by atoms with Crippen LogP contribution in [0.1, 0.15) is 22.3 Å². The molecule has 4 N–H and O–H groups in total. The maximum absolute atomic E-state index is 12.8. The predicted octanol–water partition coefficient (Wildman–Crippen LogP) is 3.88. The molecule has 0 amide bonds. The number of rotatable bonds is 11. The van der Waals surface area contributed by atoms with Crippen LogP contribution >= 0.6 is 0 Å². The maximum atomic E-state index is 12.8. The second-order valence-electron chi connectivity index (χ2n) is 11.1. The highest BCUT2D eigenvalue weighted by atomic mass is 16.7. The summed E-state index contributed by atoms with van der Waals surface area (Å²) in [5.41, 5.74) is -2.97. The molecule has 0 bridgehead atoms. The molecule has 1 saturated heterocycles. The number of aliphatic hydroxyl groups is 4. The zero-order chi connectivity index (χ0) is 28.9. The van der Waals surface area contributed by atoms with Gasteiger partial charge in [-0.25, -0.2) is 0 Å². The van der Waals surface area contributed by atoms with Gasteiger partial charge in [0.2, 0.25) is 0 Å². The molecule has 6 atom stereocenters. The quantitative estimate of drug-likeness (QED) is 0.225. The van der Waals surface area contributed by atoms with Gasteiger partial charge in [-0.1, -0.05) is 121 Å². The number of aliphatic hydroxyl groups excluding tert-OH is 1. The van der Waals surface area contributed by atoms with E-state index in [4.69, 9.17) is 9.47 Å². The Morgan fingerprint density at radius 1 is 0.683 bits per heavy atom. The lowest BCUT2D eigenvalue weighted by Crippen LogP contribution is -2.69. The third-order valence-corrected chi connectivity index (χ3v) is 8.31. The van der Waals surface area contributed by atoms with Crippen molar-refractivity contribution < 1.29 is 29.9 Å². The van der Waals surface area contributed by atoms with E-state index in [1.807, 2.05) is 121 Å². The highest BCUT2D eigenvalue weighted by Crippen LogP contribution is 2.49. The van der Waals surface area contributed by atoms with E-state index in [1.165, 1.54) is 7.11 Å². The van der Waals surface area contributed by atoms with Crippen molar-refractivity contribution in [2.45, 2.75) is 61.0 Å². The molecule has 1 aliphatic heterocycles. The molecule has 0 spiro atoms. The molecule has 5 rings (SSSR count). The van der Waals surface area contributed by atoms with Crippen molar-refractivity contribution in [1.29, 1.82) is 0 Å². The Balaban J connectivity index is 1.64. The summed E-state index contributed by atoms with van der Waals surface area (Å²) in [6.07, 6.45) is -4.02. The molecular formula is C35H38O6. The first kappa shape index (κ1) is 29.1. The summed E-state index contributed by atoms with van der Waals surface area (Å²) in [4.78, 5) is 0. The monoisotopic (exact) mass is 554 g/mol. The van der Waals surface area contributed by atoms with E-state index in [0.717, 1.165) is 22.3 Å². The molecule has 4 aromatic carbocycles. The van der Waals surface area contributed by atoms with Crippen LogP contribution in [-0.2, 0) is 35.2 Å². The molecule has 41 heavy (non-hydrogen) atoms. The normalized spacial score (nSPS) is 26.4. The molecule has 0 aliphatic carbocycles. The first-order valence-electron chi connectivity index (χ1n) is 14.0. The van der Waals surface area contributed by atoms with Gasteiger partial charge in [0, 0.05) is 32.8 Å². The molecule has 1 fully saturated rings.